The van der Waals surface area contributed by atoms with E-state index in [2.05, 4.69) is 58.2 Å². The summed E-state index contributed by atoms with van der Waals surface area (Å²) >= 11 is 0. The number of aromatic nitrogens is 1. The van der Waals surface area contributed by atoms with Gasteiger partial charge in [0, 0.05) is 29.6 Å². The Kier molecular flexibility index (Phi) is 5.47. The zero-order valence-electron chi connectivity index (χ0n) is 16.4. The summed E-state index contributed by atoms with van der Waals surface area (Å²) in [5.74, 6) is 0.887. The Hall–Kier alpha value is -3.34. The molecule has 1 aromatic heterocycles. The van der Waals surface area contributed by atoms with Crippen LogP contribution in [0.3, 0.4) is 0 Å². The smallest absolute Gasteiger partial charge is 0.258 e. The first kappa shape index (κ1) is 19.0. The summed E-state index contributed by atoms with van der Waals surface area (Å²) in [6.07, 6.45) is 4.57. The molecule has 148 valence electrons. The summed E-state index contributed by atoms with van der Waals surface area (Å²) in [5, 5.41) is 3.25. The minimum atomic E-state index is -0.497. The Labute approximate surface area is 170 Å². The zero-order valence-corrected chi connectivity index (χ0v) is 16.4. The number of amides is 2. The summed E-state index contributed by atoms with van der Waals surface area (Å²) in [6.45, 7) is 5.40. The van der Waals surface area contributed by atoms with Gasteiger partial charge in [-0.25, -0.2) is 0 Å². The first-order valence-electron chi connectivity index (χ1n) is 10.0. The van der Waals surface area contributed by atoms with Crippen molar-refractivity contribution < 1.29 is 9.59 Å². The normalized spacial score (nSPS) is 14.7. The molecule has 0 radical (unpaired) electrons. The second-order valence-corrected chi connectivity index (χ2v) is 7.60. The van der Waals surface area contributed by atoms with E-state index in [0.717, 1.165) is 48.2 Å². The Balaban J connectivity index is 1.41. The quantitative estimate of drug-likeness (QED) is 0.649. The monoisotopic (exact) mass is 387 g/mol. The third kappa shape index (κ3) is 4.40. The zero-order chi connectivity index (χ0) is 20.2. The average Bonchev–Trinajstić information content (AvgIpc) is 3.18. The maximum atomic E-state index is 12.2. The molecule has 0 bridgehead atoms. The Bertz CT molecular complexity index is 1030. The standard InChI is InChI=1S/C24H25N3O2/c1-2-23(28)26-24(29)19-8-9-21-20(15-19)16-22(25-21)27-12-10-18(11-13-27)14-17-6-4-3-5-7-17/h2-9,15-16,18,25H,1,10-14H2,(H,26,28,29). The number of carbonyl (C=O) groups excluding carboxylic acids is 2. The minimum absolute atomic E-state index is 0.415. The number of H-pyrrole nitrogens is 1. The number of fused-ring (bicyclic) bond motifs is 1. The topological polar surface area (TPSA) is 65.2 Å². The summed E-state index contributed by atoms with van der Waals surface area (Å²) in [7, 11) is 0. The molecule has 0 atom stereocenters. The number of hydrogen-bond acceptors (Lipinski definition) is 3. The SMILES string of the molecule is C=CC(=O)NC(=O)c1ccc2[nH]c(N3CCC(Cc4ccccc4)CC3)cc2c1. The van der Waals surface area contributed by atoms with Gasteiger partial charge >= 0.3 is 0 Å². The third-order valence-electron chi connectivity index (χ3n) is 5.61. The lowest BCUT2D eigenvalue weighted by Crippen LogP contribution is -2.34. The van der Waals surface area contributed by atoms with Crippen molar-refractivity contribution in [3.05, 3.63) is 78.4 Å². The van der Waals surface area contributed by atoms with Gasteiger partial charge in [-0.2, -0.15) is 0 Å². The number of benzene rings is 2. The van der Waals surface area contributed by atoms with Crippen LogP contribution in [0.5, 0.6) is 0 Å². The van der Waals surface area contributed by atoms with Crippen LogP contribution < -0.4 is 10.2 Å². The Morgan fingerprint density at radius 1 is 1.10 bits per heavy atom. The van der Waals surface area contributed by atoms with Gasteiger partial charge in [-0.3, -0.25) is 14.9 Å². The number of piperidine rings is 1. The van der Waals surface area contributed by atoms with Crippen LogP contribution >= 0.6 is 0 Å². The van der Waals surface area contributed by atoms with Crippen LogP contribution in [-0.4, -0.2) is 29.9 Å². The fourth-order valence-electron chi connectivity index (χ4n) is 3.99. The Morgan fingerprint density at radius 2 is 1.86 bits per heavy atom. The van der Waals surface area contributed by atoms with Gasteiger partial charge in [-0.15, -0.1) is 0 Å². The number of nitrogens with zero attached hydrogens (tertiary/aromatic N) is 1. The van der Waals surface area contributed by atoms with Crippen molar-refractivity contribution in [2.75, 3.05) is 18.0 Å². The van der Waals surface area contributed by atoms with Gasteiger partial charge in [0.2, 0.25) is 5.91 Å². The van der Waals surface area contributed by atoms with Crippen LogP contribution in [0.15, 0.2) is 67.3 Å². The highest BCUT2D eigenvalue weighted by Gasteiger charge is 2.21. The number of anilines is 1. The van der Waals surface area contributed by atoms with Crippen molar-refractivity contribution in [2.45, 2.75) is 19.3 Å². The van der Waals surface area contributed by atoms with E-state index in [-0.39, 0.29) is 0 Å². The highest BCUT2D eigenvalue weighted by molar-refractivity contribution is 6.09. The molecule has 2 aromatic carbocycles. The summed E-state index contributed by atoms with van der Waals surface area (Å²) in [6, 6.07) is 18.2. The van der Waals surface area contributed by atoms with Gasteiger partial charge in [0.15, 0.2) is 0 Å². The molecule has 2 N–H and O–H groups in total. The molecule has 5 nitrogen and oxygen atoms in total. The molecule has 1 saturated heterocycles. The predicted octanol–water partition coefficient (Wildman–Crippen LogP) is 4.07. The molecule has 5 heteroatoms. The molecule has 2 amide bonds. The number of aromatic amines is 1. The van der Waals surface area contributed by atoms with Crippen molar-refractivity contribution in [1.29, 1.82) is 0 Å². The Morgan fingerprint density at radius 3 is 2.59 bits per heavy atom. The largest absolute Gasteiger partial charge is 0.358 e. The lowest BCUT2D eigenvalue weighted by atomic mass is 9.90. The highest BCUT2D eigenvalue weighted by Crippen LogP contribution is 2.28. The molecule has 1 fully saturated rings. The van der Waals surface area contributed by atoms with Crippen molar-refractivity contribution in [2.24, 2.45) is 5.92 Å². The van der Waals surface area contributed by atoms with E-state index in [1.807, 2.05) is 12.1 Å². The van der Waals surface area contributed by atoms with E-state index in [0.29, 0.717) is 5.56 Å². The predicted molar refractivity (Wildman–Crippen MR) is 116 cm³/mol. The summed E-state index contributed by atoms with van der Waals surface area (Å²) < 4.78 is 0. The molecular formula is C24H25N3O2. The van der Waals surface area contributed by atoms with Crippen molar-refractivity contribution in [1.82, 2.24) is 10.3 Å². The minimum Gasteiger partial charge on any atom is -0.358 e. The van der Waals surface area contributed by atoms with Crippen molar-refractivity contribution in [3.8, 4) is 0 Å². The summed E-state index contributed by atoms with van der Waals surface area (Å²) in [5.41, 5.74) is 2.86. The summed E-state index contributed by atoms with van der Waals surface area (Å²) in [4.78, 5) is 29.3. The molecule has 1 aliphatic rings. The van der Waals surface area contributed by atoms with Crippen LogP contribution in [0.25, 0.3) is 10.9 Å². The number of hydrogen-bond donors (Lipinski definition) is 2. The molecule has 0 spiro atoms. The lowest BCUT2D eigenvalue weighted by Gasteiger charge is -2.32. The van der Waals surface area contributed by atoms with E-state index in [1.165, 1.54) is 18.4 Å². The van der Waals surface area contributed by atoms with Crippen molar-refractivity contribution >= 4 is 28.5 Å². The lowest BCUT2D eigenvalue weighted by molar-refractivity contribution is -0.115. The van der Waals surface area contributed by atoms with Gasteiger partial charge in [0.1, 0.15) is 5.82 Å². The number of carbonyl (C=O) groups is 2. The van der Waals surface area contributed by atoms with Gasteiger partial charge in [0.05, 0.1) is 0 Å². The van der Waals surface area contributed by atoms with Gasteiger partial charge in [0.25, 0.3) is 5.91 Å². The maximum absolute atomic E-state index is 12.2. The molecular weight excluding hydrogens is 362 g/mol. The molecule has 29 heavy (non-hydrogen) atoms. The van der Waals surface area contributed by atoms with E-state index in [1.54, 1.807) is 6.07 Å². The van der Waals surface area contributed by atoms with Crippen molar-refractivity contribution in [3.63, 3.8) is 0 Å². The van der Waals surface area contributed by atoms with Crippen LogP contribution in [-0.2, 0) is 11.2 Å². The number of imide groups is 1. The maximum Gasteiger partial charge on any atom is 0.258 e. The van der Waals surface area contributed by atoms with Crippen LogP contribution in [0, 0.1) is 5.92 Å². The van der Waals surface area contributed by atoms with E-state index in [4.69, 9.17) is 0 Å². The van der Waals surface area contributed by atoms with Gasteiger partial charge < -0.3 is 9.88 Å². The third-order valence-corrected chi connectivity index (χ3v) is 5.61. The molecule has 3 aromatic rings. The average molecular weight is 387 g/mol. The van der Waals surface area contributed by atoms with Gasteiger partial charge in [-0.05, 0) is 61.1 Å². The second-order valence-electron chi connectivity index (χ2n) is 7.60. The van der Waals surface area contributed by atoms with Crippen LogP contribution in [0.4, 0.5) is 5.82 Å². The molecule has 0 aliphatic carbocycles. The number of nitrogens with one attached hydrogen (secondary N) is 2. The van der Waals surface area contributed by atoms with Crippen LogP contribution in [0.1, 0.15) is 28.8 Å². The molecule has 0 unspecified atom stereocenters. The molecule has 4 rings (SSSR count). The van der Waals surface area contributed by atoms with E-state index in [9.17, 15) is 9.59 Å². The van der Waals surface area contributed by atoms with Crippen LogP contribution in [0.2, 0.25) is 0 Å². The fraction of sp³-hybridized carbons (Fsp3) is 0.250. The van der Waals surface area contributed by atoms with E-state index < -0.39 is 11.8 Å². The highest BCUT2D eigenvalue weighted by atomic mass is 16.2. The molecule has 0 saturated carbocycles. The second kappa shape index (κ2) is 8.35. The van der Waals surface area contributed by atoms with E-state index >= 15 is 0 Å². The first-order valence-corrected chi connectivity index (χ1v) is 10.0. The molecule has 2 heterocycles. The number of rotatable bonds is 5. The van der Waals surface area contributed by atoms with Gasteiger partial charge in [-0.1, -0.05) is 36.9 Å². The first-order chi connectivity index (χ1) is 14.1. The fourth-order valence-corrected chi connectivity index (χ4v) is 3.99. The molecule has 1 aliphatic heterocycles.